The van der Waals surface area contributed by atoms with Crippen molar-refractivity contribution in [3.63, 3.8) is 0 Å². The monoisotopic (exact) mass is 367 g/mol. The number of aryl methyl sites for hydroxylation is 1. The number of benzene rings is 1. The van der Waals surface area contributed by atoms with Crippen molar-refractivity contribution < 1.29 is 13.2 Å². The Hall–Kier alpha value is -1.60. The predicted octanol–water partition coefficient (Wildman–Crippen LogP) is 2.20. The number of sulfonamides is 1. The quantitative estimate of drug-likeness (QED) is 0.887. The van der Waals surface area contributed by atoms with Crippen LogP contribution in [-0.4, -0.2) is 56.4 Å². The molecule has 1 fully saturated rings. The Labute approximate surface area is 151 Å². The molecule has 2 amide bonds. The molecule has 1 aromatic carbocycles. The summed E-state index contributed by atoms with van der Waals surface area (Å²) in [6.45, 7) is 10.3. The zero-order valence-electron chi connectivity index (χ0n) is 15.6. The minimum absolute atomic E-state index is 0.00347. The summed E-state index contributed by atoms with van der Waals surface area (Å²) in [5, 5.41) is 2.91. The highest BCUT2D eigenvalue weighted by atomic mass is 32.2. The molecule has 25 heavy (non-hydrogen) atoms. The van der Waals surface area contributed by atoms with Gasteiger partial charge in [0.05, 0.1) is 5.75 Å². The highest BCUT2D eigenvalue weighted by molar-refractivity contribution is 7.88. The summed E-state index contributed by atoms with van der Waals surface area (Å²) >= 11 is 0. The van der Waals surface area contributed by atoms with E-state index in [1.807, 2.05) is 31.2 Å². The fourth-order valence-corrected chi connectivity index (χ4v) is 4.12. The van der Waals surface area contributed by atoms with Crippen molar-refractivity contribution in [1.82, 2.24) is 14.5 Å². The van der Waals surface area contributed by atoms with E-state index in [1.165, 1.54) is 4.31 Å². The average molecular weight is 368 g/mol. The Morgan fingerprint density at radius 2 is 1.64 bits per heavy atom. The largest absolute Gasteiger partial charge is 0.337 e. The summed E-state index contributed by atoms with van der Waals surface area (Å²) in [5.41, 5.74) is 1.92. The van der Waals surface area contributed by atoms with E-state index in [1.54, 1.807) is 4.90 Å². The van der Waals surface area contributed by atoms with Crippen LogP contribution in [0.5, 0.6) is 0 Å². The fraction of sp³-hybridized carbons (Fsp3) is 0.611. The highest BCUT2D eigenvalue weighted by Gasteiger charge is 2.29. The van der Waals surface area contributed by atoms with Gasteiger partial charge < -0.3 is 10.2 Å². The van der Waals surface area contributed by atoms with Crippen molar-refractivity contribution in [3.8, 4) is 0 Å². The van der Waals surface area contributed by atoms with Gasteiger partial charge in [-0.25, -0.2) is 13.2 Å². The van der Waals surface area contributed by atoms with Gasteiger partial charge >= 0.3 is 6.03 Å². The third-order valence-corrected chi connectivity index (χ3v) is 6.01. The molecule has 1 saturated heterocycles. The third kappa shape index (κ3) is 6.01. The molecule has 140 valence electrons. The number of urea groups is 1. The van der Waals surface area contributed by atoms with Crippen LogP contribution in [0.1, 0.15) is 31.9 Å². The first-order valence-electron chi connectivity index (χ1n) is 8.63. The van der Waals surface area contributed by atoms with Crippen LogP contribution in [0.25, 0.3) is 0 Å². The van der Waals surface area contributed by atoms with Crippen molar-refractivity contribution in [2.45, 2.75) is 33.4 Å². The van der Waals surface area contributed by atoms with E-state index < -0.39 is 10.0 Å². The Morgan fingerprint density at radius 1 is 1.08 bits per heavy atom. The van der Waals surface area contributed by atoms with Crippen LogP contribution in [0.3, 0.4) is 0 Å². The first-order valence-corrected chi connectivity index (χ1v) is 10.2. The Kier molecular flexibility index (Phi) is 6.11. The molecule has 1 aromatic rings. The molecule has 7 heteroatoms. The number of piperazine rings is 1. The van der Waals surface area contributed by atoms with Gasteiger partial charge in [0.2, 0.25) is 10.0 Å². The van der Waals surface area contributed by atoms with Crippen LogP contribution < -0.4 is 5.32 Å². The van der Waals surface area contributed by atoms with E-state index in [0.717, 1.165) is 11.1 Å². The molecule has 6 nitrogen and oxygen atoms in total. The van der Waals surface area contributed by atoms with E-state index in [-0.39, 0.29) is 17.2 Å². The summed E-state index contributed by atoms with van der Waals surface area (Å²) in [5.74, 6) is 0.00347. The Bertz CT molecular complexity index is 685. The maximum absolute atomic E-state index is 12.6. The maximum Gasteiger partial charge on any atom is 0.317 e. The molecule has 0 saturated carbocycles. The number of carbonyl (C=O) groups is 1. The molecule has 2 rings (SSSR count). The van der Waals surface area contributed by atoms with Crippen molar-refractivity contribution >= 4 is 16.1 Å². The zero-order chi connectivity index (χ0) is 18.7. The average Bonchev–Trinajstić information content (AvgIpc) is 2.54. The minimum Gasteiger partial charge on any atom is -0.337 e. The third-order valence-electron chi connectivity index (χ3n) is 4.16. The van der Waals surface area contributed by atoms with Crippen LogP contribution in [0.2, 0.25) is 0 Å². The molecule has 0 aromatic heterocycles. The van der Waals surface area contributed by atoms with Crippen LogP contribution in [-0.2, 0) is 15.8 Å². The molecule has 1 N–H and O–H groups in total. The predicted molar refractivity (Wildman–Crippen MR) is 99.8 cm³/mol. The molecular formula is C18H29N3O3S. The molecule has 0 aliphatic carbocycles. The number of hydrogen-bond donors (Lipinski definition) is 1. The van der Waals surface area contributed by atoms with E-state index in [0.29, 0.717) is 32.7 Å². The van der Waals surface area contributed by atoms with E-state index in [9.17, 15) is 13.2 Å². The number of carbonyl (C=O) groups excluding carboxylic acids is 1. The van der Waals surface area contributed by atoms with Gasteiger partial charge in [0.1, 0.15) is 0 Å². The fourth-order valence-electron chi connectivity index (χ4n) is 2.61. The number of amides is 2. The molecular weight excluding hydrogens is 338 g/mol. The second-order valence-corrected chi connectivity index (χ2v) is 9.82. The maximum atomic E-state index is 12.6. The molecule has 1 aliphatic heterocycles. The van der Waals surface area contributed by atoms with Crippen molar-refractivity contribution in [3.05, 3.63) is 35.4 Å². The normalized spacial score (nSPS) is 16.7. The van der Waals surface area contributed by atoms with Crippen molar-refractivity contribution in [2.75, 3.05) is 32.7 Å². The first-order chi connectivity index (χ1) is 11.6. The van der Waals surface area contributed by atoms with Crippen molar-refractivity contribution in [2.24, 2.45) is 5.41 Å². The zero-order valence-corrected chi connectivity index (χ0v) is 16.4. The molecule has 0 radical (unpaired) electrons. The minimum atomic E-state index is -3.36. The lowest BCUT2D eigenvalue weighted by Gasteiger charge is -2.34. The lowest BCUT2D eigenvalue weighted by Crippen LogP contribution is -2.54. The van der Waals surface area contributed by atoms with Crippen molar-refractivity contribution in [1.29, 1.82) is 0 Å². The number of nitrogens with zero attached hydrogens (tertiary/aromatic N) is 2. The smallest absolute Gasteiger partial charge is 0.317 e. The van der Waals surface area contributed by atoms with E-state index in [4.69, 9.17) is 0 Å². The van der Waals surface area contributed by atoms with Crippen LogP contribution in [0.4, 0.5) is 4.79 Å². The van der Waals surface area contributed by atoms with E-state index in [2.05, 4.69) is 26.1 Å². The second-order valence-electron chi connectivity index (χ2n) is 7.85. The summed E-state index contributed by atoms with van der Waals surface area (Å²) in [4.78, 5) is 13.9. The van der Waals surface area contributed by atoms with Gasteiger partial charge in [0, 0.05) is 32.7 Å². The van der Waals surface area contributed by atoms with Gasteiger partial charge in [-0.05, 0) is 17.9 Å². The molecule has 1 heterocycles. The lowest BCUT2D eigenvalue weighted by molar-refractivity contribution is 0.168. The highest BCUT2D eigenvalue weighted by Crippen LogP contribution is 2.15. The van der Waals surface area contributed by atoms with Gasteiger partial charge in [-0.15, -0.1) is 0 Å². The summed E-state index contributed by atoms with van der Waals surface area (Å²) in [7, 11) is -3.36. The standard InChI is InChI=1S/C18H29N3O3S/c1-15-5-7-16(8-6-15)13-25(23,24)21-11-9-20(10-12-21)17(22)19-14-18(2,3)4/h5-8H,9-14H2,1-4H3,(H,19,22). The summed E-state index contributed by atoms with van der Waals surface area (Å²) in [6, 6.07) is 7.42. The van der Waals surface area contributed by atoms with Crippen LogP contribution in [0, 0.1) is 12.3 Å². The number of nitrogens with one attached hydrogen (secondary N) is 1. The summed E-state index contributed by atoms with van der Waals surface area (Å²) in [6.07, 6.45) is 0. The van der Waals surface area contributed by atoms with Gasteiger partial charge in [0.15, 0.2) is 0 Å². The molecule has 0 bridgehead atoms. The molecule has 1 aliphatic rings. The molecule has 0 atom stereocenters. The van der Waals surface area contributed by atoms with E-state index >= 15 is 0 Å². The number of hydrogen-bond acceptors (Lipinski definition) is 3. The Balaban J connectivity index is 1.88. The molecule has 0 spiro atoms. The van der Waals surface area contributed by atoms with Gasteiger partial charge in [-0.2, -0.15) is 4.31 Å². The topological polar surface area (TPSA) is 69.7 Å². The summed E-state index contributed by atoms with van der Waals surface area (Å²) < 4.78 is 26.6. The van der Waals surface area contributed by atoms with Gasteiger partial charge in [-0.1, -0.05) is 50.6 Å². The lowest BCUT2D eigenvalue weighted by atomic mass is 9.97. The Morgan fingerprint density at radius 3 is 2.16 bits per heavy atom. The SMILES string of the molecule is Cc1ccc(CS(=O)(=O)N2CCN(C(=O)NCC(C)(C)C)CC2)cc1. The van der Waals surface area contributed by atoms with Gasteiger partial charge in [0.25, 0.3) is 0 Å². The van der Waals surface area contributed by atoms with Gasteiger partial charge in [-0.3, -0.25) is 0 Å². The molecule has 0 unspecified atom stereocenters. The van der Waals surface area contributed by atoms with Crippen LogP contribution >= 0.6 is 0 Å². The second kappa shape index (κ2) is 7.74. The first kappa shape index (κ1) is 19.7. The number of rotatable bonds is 4. The van der Waals surface area contributed by atoms with Crippen LogP contribution in [0.15, 0.2) is 24.3 Å².